The first-order chi connectivity index (χ1) is 5.99. The minimum Gasteiger partial charge on any atom is -0.229 e. The maximum absolute atomic E-state index is 11.6. The van der Waals surface area contributed by atoms with Crippen molar-refractivity contribution in [2.24, 2.45) is 0 Å². The van der Waals surface area contributed by atoms with Crippen LogP contribution in [0.3, 0.4) is 0 Å². The van der Waals surface area contributed by atoms with Crippen LogP contribution in [0.2, 0.25) is 0 Å². The van der Waals surface area contributed by atoms with Crippen LogP contribution in [0.5, 0.6) is 0 Å². The molecule has 7 heteroatoms. The zero-order chi connectivity index (χ0) is 10.1. The molecule has 1 fully saturated rings. The van der Waals surface area contributed by atoms with E-state index < -0.39 is 9.84 Å². The van der Waals surface area contributed by atoms with E-state index in [0.717, 1.165) is 20.8 Å². The molecular formula is C6H16O2P4S. The lowest BCUT2D eigenvalue weighted by Crippen LogP contribution is -2.35. The lowest BCUT2D eigenvalue weighted by atomic mass is 10.2. The molecule has 1 aliphatic rings. The number of hydrogen-bond acceptors (Lipinski definition) is 2. The van der Waals surface area contributed by atoms with E-state index in [4.69, 9.17) is 0 Å². The molecule has 1 rings (SSSR count). The molecule has 0 amide bonds. The predicted octanol–water partition coefficient (Wildman–Crippen LogP) is 2.61. The van der Waals surface area contributed by atoms with Crippen molar-refractivity contribution in [3.63, 3.8) is 0 Å². The fraction of sp³-hybridized carbons (Fsp3) is 1.00. The summed E-state index contributed by atoms with van der Waals surface area (Å²) in [6.07, 6.45) is 1.96. The second-order valence-electron chi connectivity index (χ2n) is 3.32. The molecule has 1 aliphatic heterocycles. The molecule has 6 unspecified atom stereocenters. The lowest BCUT2D eigenvalue weighted by molar-refractivity contribution is 0.554. The van der Waals surface area contributed by atoms with Crippen molar-refractivity contribution >= 4 is 43.0 Å². The first-order valence-corrected chi connectivity index (χ1v) is 12.6. The Bertz CT molecular complexity index is 266. The number of hydrogen-bond donors (Lipinski definition) is 0. The van der Waals surface area contributed by atoms with E-state index in [-0.39, 0.29) is 12.5 Å². The molecule has 0 radical (unpaired) electrons. The second kappa shape index (κ2) is 5.14. The molecular weight excluding hydrogens is 260 g/mol. The largest absolute Gasteiger partial charge is 0.229 e. The van der Waals surface area contributed by atoms with E-state index in [1.54, 1.807) is 0 Å². The van der Waals surface area contributed by atoms with Crippen molar-refractivity contribution in [3.05, 3.63) is 0 Å². The molecule has 0 aromatic heterocycles. The van der Waals surface area contributed by atoms with E-state index >= 15 is 0 Å². The smallest absolute Gasteiger partial charge is 0.153 e. The summed E-state index contributed by atoms with van der Waals surface area (Å²) in [4.78, 5) is 0. The van der Waals surface area contributed by atoms with Crippen LogP contribution < -0.4 is 0 Å². The zero-order valence-corrected chi connectivity index (χ0v) is 12.6. The molecule has 1 saturated heterocycles. The molecule has 13 heavy (non-hydrogen) atoms. The second-order valence-corrected chi connectivity index (χ2v) is 15.4. The van der Waals surface area contributed by atoms with Crippen LogP contribution in [0.25, 0.3) is 0 Å². The van der Waals surface area contributed by atoms with Crippen LogP contribution in [-0.4, -0.2) is 25.1 Å². The van der Waals surface area contributed by atoms with E-state index in [2.05, 4.69) is 17.9 Å². The van der Waals surface area contributed by atoms with Crippen LogP contribution in [0.4, 0.5) is 0 Å². The molecule has 78 valence electrons. The van der Waals surface area contributed by atoms with Gasteiger partial charge in [-0.05, 0) is 19.8 Å². The summed E-state index contributed by atoms with van der Waals surface area (Å²) in [7, 11) is 3.46. The Balaban J connectivity index is 2.77. The van der Waals surface area contributed by atoms with Gasteiger partial charge < -0.3 is 0 Å². The summed E-state index contributed by atoms with van der Waals surface area (Å²) >= 11 is 0. The van der Waals surface area contributed by atoms with Gasteiger partial charge in [-0.25, -0.2) is 8.42 Å². The zero-order valence-electron chi connectivity index (χ0n) is 7.60. The summed E-state index contributed by atoms with van der Waals surface area (Å²) in [6.45, 7) is 1.88. The molecule has 0 aromatic carbocycles. The Morgan fingerprint density at radius 2 is 2.15 bits per heavy atom. The van der Waals surface area contributed by atoms with Crippen molar-refractivity contribution in [3.8, 4) is 0 Å². The fourth-order valence-electron chi connectivity index (χ4n) is 1.61. The van der Waals surface area contributed by atoms with Gasteiger partial charge in [0.1, 0.15) is 0 Å². The van der Waals surface area contributed by atoms with Gasteiger partial charge in [-0.2, -0.15) is 0 Å². The fourth-order valence-corrected chi connectivity index (χ4v) is 10.5. The van der Waals surface area contributed by atoms with Crippen LogP contribution in [0.15, 0.2) is 0 Å². The highest BCUT2D eigenvalue weighted by Crippen LogP contribution is 2.71. The maximum atomic E-state index is 11.6. The lowest BCUT2D eigenvalue weighted by Gasteiger charge is -2.32. The van der Waals surface area contributed by atoms with Gasteiger partial charge in [0.2, 0.25) is 0 Å². The van der Waals surface area contributed by atoms with Crippen molar-refractivity contribution in [1.82, 2.24) is 0 Å². The van der Waals surface area contributed by atoms with Gasteiger partial charge in [0.05, 0.1) is 11.0 Å². The van der Waals surface area contributed by atoms with E-state index in [1.807, 2.05) is 6.92 Å². The number of rotatable bonds is 2. The summed E-state index contributed by atoms with van der Waals surface area (Å²) in [5, 5.41) is -0.113. The Hall–Kier alpha value is 1.67. The molecule has 0 aromatic rings. The average molecular weight is 276 g/mol. The molecule has 2 nitrogen and oxygen atoms in total. The summed E-state index contributed by atoms with van der Waals surface area (Å²) < 4.78 is 23.2. The van der Waals surface area contributed by atoms with E-state index in [1.165, 1.54) is 0 Å². The highest BCUT2D eigenvalue weighted by Gasteiger charge is 2.35. The summed E-state index contributed by atoms with van der Waals surface area (Å²) in [6, 6.07) is 0. The molecule has 0 spiro atoms. The van der Waals surface area contributed by atoms with Gasteiger partial charge in [-0.3, -0.25) is 0 Å². The normalized spacial score (nSPS) is 36.5. The Labute approximate surface area is 87.9 Å². The SMILES string of the molecule is CC1C(P(P)PP)CCCS1(=O)=O. The van der Waals surface area contributed by atoms with Crippen LogP contribution in [0.1, 0.15) is 19.8 Å². The minimum absolute atomic E-state index is 0.113. The van der Waals surface area contributed by atoms with Gasteiger partial charge in [0, 0.05) is 5.66 Å². The van der Waals surface area contributed by atoms with Gasteiger partial charge in [-0.1, -0.05) is 15.3 Å². The predicted molar refractivity (Wildman–Crippen MR) is 70.9 cm³/mol. The quantitative estimate of drug-likeness (QED) is 0.726. The molecule has 0 aliphatic carbocycles. The summed E-state index contributed by atoms with van der Waals surface area (Å²) in [5.74, 6) is 0.401. The molecule has 6 atom stereocenters. The van der Waals surface area contributed by atoms with Gasteiger partial charge >= 0.3 is 0 Å². The third kappa shape index (κ3) is 3.06. The highest BCUT2D eigenvalue weighted by molar-refractivity contribution is 8.61. The maximum Gasteiger partial charge on any atom is 0.153 e. The first kappa shape index (κ1) is 12.7. The third-order valence-corrected chi connectivity index (χ3v) is 16.5. The highest BCUT2D eigenvalue weighted by atomic mass is 32.6. The molecule has 1 heterocycles. The Morgan fingerprint density at radius 1 is 1.54 bits per heavy atom. The van der Waals surface area contributed by atoms with E-state index in [9.17, 15) is 8.42 Å². The van der Waals surface area contributed by atoms with Gasteiger partial charge in [-0.15, -0.1) is 17.9 Å². The molecule has 0 bridgehead atoms. The van der Waals surface area contributed by atoms with Crippen LogP contribution >= 0.6 is 33.1 Å². The van der Waals surface area contributed by atoms with Gasteiger partial charge in [0.25, 0.3) is 0 Å². The molecule has 0 saturated carbocycles. The standard InChI is InChI=1S/C6H16O2P4S/c1-5-6(12(10)11-9)3-2-4-13(5,7)8/h5-6,11H,2-4,9-10H2,1H3. The third-order valence-electron chi connectivity index (χ3n) is 2.54. The van der Waals surface area contributed by atoms with Crippen molar-refractivity contribution < 1.29 is 8.42 Å². The monoisotopic (exact) mass is 276 g/mol. The van der Waals surface area contributed by atoms with Crippen molar-refractivity contribution in [2.75, 3.05) is 5.75 Å². The molecule has 0 N–H and O–H groups in total. The van der Waals surface area contributed by atoms with Gasteiger partial charge in [0.15, 0.2) is 9.84 Å². The first-order valence-electron chi connectivity index (χ1n) is 4.21. The summed E-state index contributed by atoms with van der Waals surface area (Å²) in [5.41, 5.74) is 0.412. The van der Waals surface area contributed by atoms with Crippen molar-refractivity contribution in [1.29, 1.82) is 0 Å². The minimum atomic E-state index is -2.77. The number of sulfone groups is 1. The van der Waals surface area contributed by atoms with E-state index in [0.29, 0.717) is 11.4 Å². The van der Waals surface area contributed by atoms with Crippen molar-refractivity contribution in [2.45, 2.75) is 30.7 Å². The Kier molecular flexibility index (Phi) is 5.03. The topological polar surface area (TPSA) is 34.1 Å². The average Bonchev–Trinajstić information content (AvgIpc) is 2.08. The van der Waals surface area contributed by atoms with Crippen LogP contribution in [0, 0.1) is 0 Å². The van der Waals surface area contributed by atoms with Crippen LogP contribution in [-0.2, 0) is 9.84 Å². The Morgan fingerprint density at radius 3 is 2.69 bits per heavy atom.